The SMILES string of the molecule is COc1ccc(-c2noc(CCCSC(=S)N(C)O)c2-c2ccc(S(N)(=O)=O)cc2)cc1Cl. The zero-order valence-corrected chi connectivity index (χ0v) is 21.0. The van der Waals surface area contributed by atoms with Gasteiger partial charge in [-0.3, -0.25) is 5.21 Å². The summed E-state index contributed by atoms with van der Waals surface area (Å²) in [6.45, 7) is 0. The summed E-state index contributed by atoms with van der Waals surface area (Å²) in [5.74, 6) is 1.83. The fraction of sp³-hybridized carbons (Fsp3) is 0.238. The number of thiocarbonyl (C=S) groups is 1. The van der Waals surface area contributed by atoms with Gasteiger partial charge in [-0.1, -0.05) is 52.9 Å². The van der Waals surface area contributed by atoms with Crippen molar-refractivity contribution in [1.29, 1.82) is 0 Å². The van der Waals surface area contributed by atoms with E-state index in [-0.39, 0.29) is 4.90 Å². The summed E-state index contributed by atoms with van der Waals surface area (Å²) in [4.78, 5) is 0.0105. The largest absolute Gasteiger partial charge is 0.495 e. The van der Waals surface area contributed by atoms with Crippen LogP contribution in [0, 0.1) is 0 Å². The van der Waals surface area contributed by atoms with Crippen LogP contribution >= 0.6 is 35.6 Å². The lowest BCUT2D eigenvalue weighted by atomic mass is 9.97. The molecule has 0 aliphatic carbocycles. The van der Waals surface area contributed by atoms with Crippen molar-refractivity contribution in [3.05, 3.63) is 53.2 Å². The van der Waals surface area contributed by atoms with Crippen LogP contribution in [-0.4, -0.2) is 48.1 Å². The molecular formula is C21H22ClN3O5S3. The molecule has 0 atom stereocenters. The number of rotatable bonds is 8. The zero-order valence-electron chi connectivity index (χ0n) is 17.8. The lowest BCUT2D eigenvalue weighted by molar-refractivity contribution is 0.0205. The van der Waals surface area contributed by atoms with Crippen molar-refractivity contribution in [2.75, 3.05) is 19.9 Å². The van der Waals surface area contributed by atoms with E-state index in [1.165, 1.54) is 38.1 Å². The zero-order chi connectivity index (χ0) is 24.2. The molecule has 12 heteroatoms. The van der Waals surface area contributed by atoms with E-state index in [1.807, 2.05) is 6.07 Å². The summed E-state index contributed by atoms with van der Waals surface area (Å²) in [6, 6.07) is 11.5. The van der Waals surface area contributed by atoms with Crippen LogP contribution in [0.3, 0.4) is 0 Å². The summed E-state index contributed by atoms with van der Waals surface area (Å²) in [7, 11) is -0.810. The number of thioether (sulfide) groups is 1. The third kappa shape index (κ3) is 6.25. The maximum Gasteiger partial charge on any atom is 0.238 e. The Hall–Kier alpha value is -2.15. The average Bonchev–Trinajstić information content (AvgIpc) is 3.19. The minimum atomic E-state index is -3.82. The van der Waals surface area contributed by atoms with Gasteiger partial charge >= 0.3 is 0 Å². The average molecular weight is 528 g/mol. The van der Waals surface area contributed by atoms with Crippen molar-refractivity contribution in [3.63, 3.8) is 0 Å². The van der Waals surface area contributed by atoms with Crippen LogP contribution in [0.4, 0.5) is 0 Å². The van der Waals surface area contributed by atoms with Gasteiger partial charge in [0.2, 0.25) is 10.0 Å². The van der Waals surface area contributed by atoms with Gasteiger partial charge in [-0.15, -0.1) is 0 Å². The van der Waals surface area contributed by atoms with Crippen LogP contribution in [0.1, 0.15) is 12.2 Å². The Morgan fingerprint density at radius 1 is 1.27 bits per heavy atom. The number of halogens is 1. The minimum absolute atomic E-state index is 0.0105. The summed E-state index contributed by atoms with van der Waals surface area (Å²) in [5, 5.41) is 20.2. The Bertz CT molecular complexity index is 1240. The third-order valence-corrected chi connectivity index (χ3v) is 7.54. The molecule has 0 aliphatic heterocycles. The number of hydrogen-bond acceptors (Lipinski definition) is 8. The predicted molar refractivity (Wildman–Crippen MR) is 133 cm³/mol. The van der Waals surface area contributed by atoms with Gasteiger partial charge in [0.05, 0.1) is 22.6 Å². The van der Waals surface area contributed by atoms with Crippen LogP contribution < -0.4 is 9.88 Å². The summed E-state index contributed by atoms with van der Waals surface area (Å²) in [6.07, 6.45) is 1.26. The summed E-state index contributed by atoms with van der Waals surface area (Å²) in [5.41, 5.74) is 2.73. The fourth-order valence-corrected chi connectivity index (χ4v) is 4.77. The highest BCUT2D eigenvalue weighted by molar-refractivity contribution is 8.22. The second-order valence-corrected chi connectivity index (χ2v) is 10.7. The molecule has 3 aromatic rings. The maximum absolute atomic E-state index is 11.6. The van der Waals surface area contributed by atoms with E-state index < -0.39 is 10.0 Å². The first kappa shape index (κ1) is 25.5. The highest BCUT2D eigenvalue weighted by Crippen LogP contribution is 2.38. The predicted octanol–water partition coefficient (Wildman–Crippen LogP) is 4.59. The number of methoxy groups -OCH3 is 1. The molecule has 176 valence electrons. The monoisotopic (exact) mass is 527 g/mol. The van der Waals surface area contributed by atoms with E-state index in [4.69, 9.17) is 38.2 Å². The topological polar surface area (TPSA) is 119 Å². The van der Waals surface area contributed by atoms with E-state index in [1.54, 1.807) is 24.3 Å². The number of ether oxygens (including phenoxy) is 1. The molecule has 1 heterocycles. The molecule has 2 aromatic carbocycles. The van der Waals surface area contributed by atoms with Crippen LogP contribution in [0.25, 0.3) is 22.4 Å². The highest BCUT2D eigenvalue weighted by Gasteiger charge is 2.21. The van der Waals surface area contributed by atoms with Crippen molar-refractivity contribution in [3.8, 4) is 28.1 Å². The van der Waals surface area contributed by atoms with Crippen LogP contribution in [0.5, 0.6) is 5.75 Å². The van der Waals surface area contributed by atoms with E-state index in [0.29, 0.717) is 45.1 Å². The van der Waals surface area contributed by atoms with Gasteiger partial charge in [0.25, 0.3) is 0 Å². The fourth-order valence-electron chi connectivity index (χ4n) is 3.10. The number of aromatic nitrogens is 1. The number of aryl methyl sites for hydroxylation is 1. The molecule has 0 amide bonds. The van der Waals surface area contributed by atoms with Gasteiger partial charge in [0.1, 0.15) is 17.2 Å². The number of nitrogens with two attached hydrogens (primary N) is 1. The normalized spacial score (nSPS) is 11.4. The number of hydroxylamine groups is 2. The summed E-state index contributed by atoms with van der Waals surface area (Å²) >= 11 is 12.7. The Kier molecular flexibility index (Phi) is 8.38. The quantitative estimate of drug-likeness (QED) is 0.246. The second-order valence-electron chi connectivity index (χ2n) is 6.99. The van der Waals surface area contributed by atoms with Gasteiger partial charge in [-0.25, -0.2) is 18.6 Å². The van der Waals surface area contributed by atoms with Crippen LogP contribution in [0.15, 0.2) is 51.9 Å². The molecule has 0 fully saturated rings. The number of nitrogens with zero attached hydrogens (tertiary/aromatic N) is 2. The number of benzene rings is 2. The molecule has 3 rings (SSSR count). The molecule has 0 bridgehead atoms. The smallest absolute Gasteiger partial charge is 0.238 e. The van der Waals surface area contributed by atoms with Gasteiger partial charge in [-0.2, -0.15) is 0 Å². The van der Waals surface area contributed by atoms with E-state index in [0.717, 1.165) is 21.8 Å². The molecule has 8 nitrogen and oxygen atoms in total. The van der Waals surface area contributed by atoms with Gasteiger partial charge in [0, 0.05) is 24.8 Å². The number of primary sulfonamides is 1. The minimum Gasteiger partial charge on any atom is -0.495 e. The van der Waals surface area contributed by atoms with E-state index in [2.05, 4.69) is 5.16 Å². The first-order chi connectivity index (χ1) is 15.6. The first-order valence-corrected chi connectivity index (χ1v) is 13.0. The molecule has 0 aliphatic rings. The molecule has 0 radical (unpaired) electrons. The molecular weight excluding hydrogens is 506 g/mol. The second kappa shape index (κ2) is 10.9. The Morgan fingerprint density at radius 2 is 1.94 bits per heavy atom. The Balaban J connectivity index is 1.97. The van der Waals surface area contributed by atoms with Crippen molar-refractivity contribution < 1.29 is 22.9 Å². The number of sulfonamides is 1. The van der Waals surface area contributed by atoms with Crippen molar-refractivity contribution in [2.24, 2.45) is 5.14 Å². The van der Waals surface area contributed by atoms with Gasteiger partial charge in [0.15, 0.2) is 4.32 Å². The summed E-state index contributed by atoms with van der Waals surface area (Å²) < 4.78 is 34.6. The van der Waals surface area contributed by atoms with E-state index >= 15 is 0 Å². The Labute approximate surface area is 206 Å². The van der Waals surface area contributed by atoms with E-state index in [9.17, 15) is 13.6 Å². The molecule has 0 saturated carbocycles. The third-order valence-electron chi connectivity index (χ3n) is 4.70. The van der Waals surface area contributed by atoms with Crippen molar-refractivity contribution >= 4 is 49.9 Å². The highest BCUT2D eigenvalue weighted by atomic mass is 35.5. The van der Waals surface area contributed by atoms with Crippen molar-refractivity contribution in [2.45, 2.75) is 17.7 Å². The molecule has 0 saturated heterocycles. The van der Waals surface area contributed by atoms with Crippen LogP contribution in [-0.2, 0) is 16.4 Å². The maximum atomic E-state index is 11.6. The van der Waals surface area contributed by atoms with Gasteiger partial charge < -0.3 is 9.26 Å². The standard InChI is InChI=1S/C21H22ClN3O5S3/c1-25(26)21(31)32-11-3-4-18-19(13-5-8-15(9-6-13)33(23,27)28)20(24-30-18)14-7-10-17(29-2)16(22)12-14/h5-10,12,26H,3-4,11H2,1-2H3,(H2,23,27,28). The Morgan fingerprint density at radius 3 is 2.52 bits per heavy atom. The molecule has 1 aromatic heterocycles. The van der Waals surface area contributed by atoms with Crippen molar-refractivity contribution in [1.82, 2.24) is 10.2 Å². The first-order valence-electron chi connectivity index (χ1n) is 9.67. The van der Waals surface area contributed by atoms with Crippen LogP contribution in [0.2, 0.25) is 5.02 Å². The molecule has 33 heavy (non-hydrogen) atoms. The molecule has 3 N–H and O–H groups in total. The lowest BCUT2D eigenvalue weighted by Crippen LogP contribution is -2.17. The lowest BCUT2D eigenvalue weighted by Gasteiger charge is -2.10. The number of hydrogen-bond donors (Lipinski definition) is 2. The molecule has 0 spiro atoms. The van der Waals surface area contributed by atoms with Gasteiger partial charge in [-0.05, 0) is 42.3 Å². The molecule has 0 unspecified atom stereocenters.